The van der Waals surface area contributed by atoms with Gasteiger partial charge in [0.15, 0.2) is 0 Å². The van der Waals surface area contributed by atoms with Gasteiger partial charge in [0, 0.05) is 18.1 Å². The van der Waals surface area contributed by atoms with E-state index in [2.05, 4.69) is 23.3 Å². The molecule has 0 aromatic rings. The smallest absolute Gasteiger partial charge is 0.342 e. The van der Waals surface area contributed by atoms with Gasteiger partial charge in [-0.1, -0.05) is 27.7 Å². The molecule has 1 fully saturated rings. The van der Waals surface area contributed by atoms with E-state index in [1.165, 1.54) is 6.08 Å². The second kappa shape index (κ2) is 8.60. The number of rotatable bonds is 4. The first-order valence-electron chi connectivity index (χ1n) is 7.90. The molecule has 2 aliphatic rings. The Kier molecular flexibility index (Phi) is 7.13. The summed E-state index contributed by atoms with van der Waals surface area (Å²) in [6.45, 7) is 8.08. The molecule has 2 heterocycles. The van der Waals surface area contributed by atoms with Crippen LogP contribution in [0.5, 0.6) is 0 Å². The van der Waals surface area contributed by atoms with Crippen LogP contribution >= 0.6 is 0 Å². The van der Waals surface area contributed by atoms with Gasteiger partial charge in [0.25, 0.3) is 0 Å². The highest BCUT2D eigenvalue weighted by atomic mass is 16.6. The monoisotopic (exact) mass is 324 g/mol. The lowest BCUT2D eigenvalue weighted by molar-refractivity contribution is -0.168. The first kappa shape index (κ1) is 19.1. The summed E-state index contributed by atoms with van der Waals surface area (Å²) in [5, 5.41) is 0. The Hall–Kier alpha value is -1.98. The van der Waals surface area contributed by atoms with Gasteiger partial charge in [-0.05, 0) is 31.1 Å². The number of ether oxygens (including phenoxy) is 2. The molecular formula is C17H24O6. The second-order valence-corrected chi connectivity index (χ2v) is 6.63. The van der Waals surface area contributed by atoms with Gasteiger partial charge in [-0.3, -0.25) is 9.59 Å². The molecule has 6 nitrogen and oxygen atoms in total. The zero-order chi connectivity index (χ0) is 17.6. The summed E-state index contributed by atoms with van der Waals surface area (Å²) in [6, 6.07) is 0. The van der Waals surface area contributed by atoms with E-state index in [-0.39, 0.29) is 17.9 Å². The summed E-state index contributed by atoms with van der Waals surface area (Å²) in [5.41, 5.74) is 0.491. The zero-order valence-corrected chi connectivity index (χ0v) is 14.1. The predicted molar refractivity (Wildman–Crippen MR) is 81.9 cm³/mol. The number of esters is 4. The Bertz CT molecular complexity index is 515. The van der Waals surface area contributed by atoms with Crippen molar-refractivity contribution >= 4 is 23.9 Å². The van der Waals surface area contributed by atoms with E-state index in [1.54, 1.807) is 0 Å². The number of carbonyl (C=O) groups is 4. The van der Waals surface area contributed by atoms with Crippen LogP contribution in [0.2, 0.25) is 0 Å². The van der Waals surface area contributed by atoms with Crippen LogP contribution in [0.3, 0.4) is 0 Å². The maximum Gasteiger partial charge on any atom is 0.342 e. The van der Waals surface area contributed by atoms with Crippen molar-refractivity contribution in [2.24, 2.45) is 17.8 Å². The quantitative estimate of drug-likeness (QED) is 0.583. The van der Waals surface area contributed by atoms with Crippen molar-refractivity contribution in [3.8, 4) is 0 Å². The highest BCUT2D eigenvalue weighted by Gasteiger charge is 2.29. The van der Waals surface area contributed by atoms with Gasteiger partial charge in [-0.2, -0.15) is 0 Å². The Balaban J connectivity index is 0.000000231. The minimum Gasteiger partial charge on any atom is -0.393 e. The molecule has 1 atom stereocenters. The molecule has 6 heteroatoms. The van der Waals surface area contributed by atoms with Crippen LogP contribution in [0.1, 0.15) is 53.4 Å². The van der Waals surface area contributed by atoms with E-state index in [4.69, 9.17) is 0 Å². The molecule has 2 aliphatic heterocycles. The van der Waals surface area contributed by atoms with Gasteiger partial charge in [0.05, 0.1) is 5.92 Å². The average molecular weight is 324 g/mol. The lowest BCUT2D eigenvalue weighted by Gasteiger charge is -2.20. The predicted octanol–water partition coefficient (Wildman–Crippen LogP) is 2.55. The van der Waals surface area contributed by atoms with Crippen molar-refractivity contribution < 1.29 is 28.7 Å². The minimum absolute atomic E-state index is 0.0531. The fourth-order valence-electron chi connectivity index (χ4n) is 2.41. The van der Waals surface area contributed by atoms with E-state index in [0.717, 1.165) is 6.42 Å². The van der Waals surface area contributed by atoms with E-state index in [9.17, 15) is 19.2 Å². The van der Waals surface area contributed by atoms with Gasteiger partial charge in [0.1, 0.15) is 0 Å². The summed E-state index contributed by atoms with van der Waals surface area (Å²) in [6.07, 6.45) is 3.76. The normalized spacial score (nSPS) is 21.0. The zero-order valence-electron chi connectivity index (χ0n) is 14.1. The van der Waals surface area contributed by atoms with Crippen molar-refractivity contribution in [2.45, 2.75) is 53.4 Å². The molecule has 1 saturated heterocycles. The highest BCUT2D eigenvalue weighted by Crippen LogP contribution is 2.23. The molecule has 0 aromatic carbocycles. The first-order valence-corrected chi connectivity index (χ1v) is 7.90. The molecule has 0 aliphatic carbocycles. The largest absolute Gasteiger partial charge is 0.393 e. The topological polar surface area (TPSA) is 86.7 Å². The number of carbonyl (C=O) groups excluding carboxylic acids is 4. The summed E-state index contributed by atoms with van der Waals surface area (Å²) in [7, 11) is 0. The van der Waals surface area contributed by atoms with Crippen LogP contribution in [-0.4, -0.2) is 23.9 Å². The van der Waals surface area contributed by atoms with Crippen molar-refractivity contribution in [3.63, 3.8) is 0 Å². The third-order valence-corrected chi connectivity index (χ3v) is 3.38. The van der Waals surface area contributed by atoms with Gasteiger partial charge in [0.2, 0.25) is 0 Å². The molecule has 0 radical (unpaired) electrons. The first-order chi connectivity index (χ1) is 10.7. The minimum atomic E-state index is -0.536. The maximum absolute atomic E-state index is 11.1. The molecule has 0 aromatic heterocycles. The third kappa shape index (κ3) is 6.76. The van der Waals surface area contributed by atoms with Crippen molar-refractivity contribution in [3.05, 3.63) is 11.6 Å². The summed E-state index contributed by atoms with van der Waals surface area (Å²) >= 11 is 0. The molecule has 1 unspecified atom stereocenters. The van der Waals surface area contributed by atoms with Crippen LogP contribution < -0.4 is 0 Å². The van der Waals surface area contributed by atoms with E-state index < -0.39 is 11.9 Å². The van der Waals surface area contributed by atoms with Crippen LogP contribution in [0, 0.1) is 17.8 Å². The van der Waals surface area contributed by atoms with E-state index in [0.29, 0.717) is 36.7 Å². The summed E-state index contributed by atoms with van der Waals surface area (Å²) in [4.78, 5) is 43.1. The molecule has 0 saturated carbocycles. The third-order valence-electron chi connectivity index (χ3n) is 3.38. The Morgan fingerprint density at radius 2 is 1.70 bits per heavy atom. The molecular weight excluding hydrogens is 300 g/mol. The second-order valence-electron chi connectivity index (χ2n) is 6.63. The Labute approximate surface area is 136 Å². The maximum atomic E-state index is 11.1. The Morgan fingerprint density at radius 3 is 2.13 bits per heavy atom. The molecule has 2 rings (SSSR count). The summed E-state index contributed by atoms with van der Waals surface area (Å²) < 4.78 is 8.83. The molecule has 0 N–H and O–H groups in total. The fourth-order valence-corrected chi connectivity index (χ4v) is 2.41. The van der Waals surface area contributed by atoms with Crippen LogP contribution in [-0.2, 0) is 28.7 Å². The molecule has 0 spiro atoms. The van der Waals surface area contributed by atoms with Gasteiger partial charge in [-0.25, -0.2) is 9.59 Å². The van der Waals surface area contributed by atoms with Gasteiger partial charge in [-0.15, -0.1) is 0 Å². The average Bonchev–Trinajstić information content (AvgIpc) is 2.71. The van der Waals surface area contributed by atoms with Crippen molar-refractivity contribution in [1.29, 1.82) is 0 Å². The standard InChI is InChI=1S/C9H14O3.C8H10O3/c1-6(2)5-7-3-4-8(10)12-9(7)11;1-5(2)3-6-4-7(9)11-8(6)10/h6-7H,3-5H2,1-2H3;4-5H,3H2,1-2H3. The molecule has 23 heavy (non-hydrogen) atoms. The number of cyclic esters (lactones) is 4. The SMILES string of the molecule is CC(C)CC1=CC(=O)OC1=O.CC(C)CC1CCC(=O)OC1=O. The number of hydrogen-bond acceptors (Lipinski definition) is 6. The lowest BCUT2D eigenvalue weighted by Crippen LogP contribution is -2.28. The van der Waals surface area contributed by atoms with E-state index >= 15 is 0 Å². The number of hydrogen-bond donors (Lipinski definition) is 0. The molecule has 128 valence electrons. The fraction of sp³-hybridized carbons (Fsp3) is 0.647. The van der Waals surface area contributed by atoms with Gasteiger partial charge < -0.3 is 9.47 Å². The van der Waals surface area contributed by atoms with Crippen LogP contribution in [0.4, 0.5) is 0 Å². The van der Waals surface area contributed by atoms with Crippen molar-refractivity contribution in [2.75, 3.05) is 0 Å². The molecule has 0 bridgehead atoms. The van der Waals surface area contributed by atoms with Crippen LogP contribution in [0.25, 0.3) is 0 Å². The lowest BCUT2D eigenvalue weighted by atomic mass is 9.92. The van der Waals surface area contributed by atoms with E-state index in [1.807, 2.05) is 13.8 Å². The van der Waals surface area contributed by atoms with Gasteiger partial charge >= 0.3 is 23.9 Å². The van der Waals surface area contributed by atoms with Crippen LogP contribution in [0.15, 0.2) is 11.6 Å². The van der Waals surface area contributed by atoms with Crippen molar-refractivity contribution in [1.82, 2.24) is 0 Å². The summed E-state index contributed by atoms with van der Waals surface area (Å²) in [5.74, 6) is -0.924. The molecule has 0 amide bonds. The highest BCUT2D eigenvalue weighted by molar-refractivity contribution is 6.08. The Morgan fingerprint density at radius 1 is 1.04 bits per heavy atom.